The van der Waals surface area contributed by atoms with E-state index in [1.54, 1.807) is 79.9 Å². The first-order valence-electron chi connectivity index (χ1n) is 42.5. The van der Waals surface area contributed by atoms with E-state index in [9.17, 15) is 58.9 Å². The fourth-order valence-electron chi connectivity index (χ4n) is 14.7. The second-order valence-electron chi connectivity index (χ2n) is 31.4. The SMILES string of the molecule is CN1Cc2c(Cl)cc(Cl)cc2C(c2cccc(S(=O)(=O)CCCOCCOCCOCCCS(=O)(=O)c3cccc(S(=O)(=O)CCCOCCO)c3)c2)C1.CN1Cc2c(Cl)cc(Cl)cc2C(c2cccc(S(=O)(=O)CCCOCCOCCOCCN)c2)C1.COCCOCCCS(=O)(=O)c1cccc(C2CN(C)Cc3c(Cl)cc(Cl)cc32)c1.O=S(=O)(Cl)c1cccc(S(=O)(=O)Cl)c1. The summed E-state index contributed by atoms with van der Waals surface area (Å²) in [5.74, 6) is -0.494. The molecule has 0 radical (unpaired) electrons. The molecule has 11 rings (SSSR count). The van der Waals surface area contributed by atoms with Gasteiger partial charge in [-0.3, -0.25) is 0 Å². The average Bonchev–Trinajstić information content (AvgIpc) is 0.777. The van der Waals surface area contributed by atoms with Crippen LogP contribution in [0.25, 0.3) is 0 Å². The zero-order chi connectivity index (χ0) is 97.2. The molecule has 0 saturated heterocycles. The first-order valence-corrected chi connectivity index (χ1v) is 57.7. The van der Waals surface area contributed by atoms with Crippen LogP contribution in [0.5, 0.6) is 0 Å². The Morgan fingerprint density at radius 2 is 0.549 bits per heavy atom. The van der Waals surface area contributed by atoms with Crippen molar-refractivity contribution in [2.75, 3.05) is 202 Å². The Bertz CT molecular complexity index is 5920. The monoisotopic (exact) mass is 2140 g/mol. The fourth-order valence-corrected chi connectivity index (χ4v) is 24.8. The molecule has 0 fully saturated rings. The van der Waals surface area contributed by atoms with Gasteiger partial charge in [-0.05, 0) is 213 Å². The summed E-state index contributed by atoms with van der Waals surface area (Å²) in [6.07, 6.45) is 1.61. The average molecular weight is 2140 g/mol. The minimum atomic E-state index is -3.94. The van der Waals surface area contributed by atoms with Gasteiger partial charge in [-0.1, -0.05) is 118 Å². The molecule has 736 valence electrons. The van der Waals surface area contributed by atoms with Crippen molar-refractivity contribution in [3.05, 3.63) is 238 Å². The number of rotatable bonds is 49. The lowest BCUT2D eigenvalue weighted by Crippen LogP contribution is -2.31. The van der Waals surface area contributed by atoms with Crippen LogP contribution in [0.1, 0.15) is 99.9 Å². The van der Waals surface area contributed by atoms with E-state index in [2.05, 4.69) is 14.7 Å². The van der Waals surface area contributed by atoms with Crippen molar-refractivity contribution < 1.29 is 107 Å². The van der Waals surface area contributed by atoms with E-state index in [4.69, 9.17) is 144 Å². The molecule has 3 atom stereocenters. The second-order valence-corrected chi connectivity index (χ2v) is 49.6. The van der Waals surface area contributed by atoms with E-state index in [1.165, 1.54) is 42.5 Å². The Hall–Kier alpha value is -4.83. The van der Waals surface area contributed by atoms with Crippen LogP contribution >= 0.6 is 91.0 Å². The van der Waals surface area contributed by atoms with Gasteiger partial charge in [0, 0.05) is 155 Å². The van der Waals surface area contributed by atoms with Crippen LogP contribution in [0.15, 0.2) is 192 Å². The van der Waals surface area contributed by atoms with Crippen LogP contribution in [0.2, 0.25) is 30.1 Å². The summed E-state index contributed by atoms with van der Waals surface area (Å²) in [5, 5.41) is 12.3. The molecule has 3 aliphatic rings. The number of aliphatic hydroxyl groups is 1. The van der Waals surface area contributed by atoms with Gasteiger partial charge < -0.3 is 68.2 Å². The Morgan fingerprint density at radius 1 is 0.316 bits per heavy atom. The summed E-state index contributed by atoms with van der Waals surface area (Å²) >= 11 is 38.3. The summed E-state index contributed by atoms with van der Waals surface area (Å²) in [4.78, 5) is 6.69. The fraction of sp³-hybridized carbons (Fsp3) is 0.467. The van der Waals surface area contributed by atoms with Crippen molar-refractivity contribution in [3.63, 3.8) is 0 Å². The maximum atomic E-state index is 13.2. The van der Waals surface area contributed by atoms with Crippen LogP contribution in [0.4, 0.5) is 0 Å². The molecular formula is C90H114Cl8N4O24S7. The van der Waals surface area contributed by atoms with Gasteiger partial charge in [0.1, 0.15) is 0 Å². The van der Waals surface area contributed by atoms with E-state index in [1.807, 2.05) is 57.5 Å². The molecule has 0 saturated carbocycles. The highest BCUT2D eigenvalue weighted by Gasteiger charge is 2.33. The van der Waals surface area contributed by atoms with Crippen LogP contribution in [0, 0.1) is 0 Å². The molecule has 133 heavy (non-hydrogen) atoms. The number of nitrogens with zero attached hydrogens (tertiary/aromatic N) is 3. The van der Waals surface area contributed by atoms with Crippen molar-refractivity contribution in [3.8, 4) is 0 Å². The third kappa shape index (κ3) is 37.0. The molecular weight excluding hydrogens is 2030 g/mol. The van der Waals surface area contributed by atoms with Crippen molar-refractivity contribution in [1.29, 1.82) is 0 Å². The van der Waals surface area contributed by atoms with Gasteiger partial charge in [-0.25, -0.2) is 58.9 Å². The molecule has 0 aromatic heterocycles. The normalized spacial score (nSPS) is 15.8. The second kappa shape index (κ2) is 55.4. The lowest BCUT2D eigenvalue weighted by atomic mass is 9.85. The molecule has 0 amide bonds. The number of fused-ring (bicyclic) bond motifs is 3. The number of methoxy groups -OCH3 is 1. The number of hydrogen-bond acceptors (Lipinski definition) is 28. The van der Waals surface area contributed by atoms with Gasteiger partial charge in [0.15, 0.2) is 49.2 Å². The minimum absolute atomic E-state index is 0.00229. The first kappa shape index (κ1) is 113. The number of likely N-dealkylation sites (N-methyl/N-ethyl adjacent to an activating group) is 3. The van der Waals surface area contributed by atoms with Crippen LogP contribution in [-0.2, 0) is 130 Å². The molecule has 0 aliphatic carbocycles. The molecule has 0 bridgehead atoms. The quantitative estimate of drug-likeness (QED) is 0.0264. The van der Waals surface area contributed by atoms with Gasteiger partial charge in [-0.2, -0.15) is 0 Å². The molecule has 3 N–H and O–H groups in total. The molecule has 8 aromatic rings. The number of nitrogens with two attached hydrogens (primary N) is 1. The first-order chi connectivity index (χ1) is 63.1. The van der Waals surface area contributed by atoms with Crippen LogP contribution in [-0.4, -0.2) is 281 Å². The summed E-state index contributed by atoms with van der Waals surface area (Å²) in [6.45, 7) is 10.6. The predicted octanol–water partition coefficient (Wildman–Crippen LogP) is 14.5. The van der Waals surface area contributed by atoms with Gasteiger partial charge in [0.05, 0.1) is 149 Å². The van der Waals surface area contributed by atoms with Crippen molar-refractivity contribution in [2.45, 2.75) is 104 Å². The number of ether oxygens (including phenoxy) is 9. The van der Waals surface area contributed by atoms with E-state index < -0.39 is 67.3 Å². The summed E-state index contributed by atoms with van der Waals surface area (Å²) in [6, 6.07) is 42.3. The van der Waals surface area contributed by atoms with Gasteiger partial charge in [0.25, 0.3) is 18.1 Å². The van der Waals surface area contributed by atoms with Crippen LogP contribution < -0.4 is 5.73 Å². The smallest absolute Gasteiger partial charge is 0.261 e. The molecule has 28 nitrogen and oxygen atoms in total. The molecule has 3 aliphatic heterocycles. The van der Waals surface area contributed by atoms with E-state index in [-0.39, 0.29) is 143 Å². The molecule has 43 heteroatoms. The topological polar surface area (TPSA) is 378 Å². The Labute approximate surface area is 821 Å². The van der Waals surface area contributed by atoms with Crippen molar-refractivity contribution in [2.24, 2.45) is 5.73 Å². The largest absolute Gasteiger partial charge is 0.394 e. The third-order valence-corrected chi connectivity index (χ3v) is 34.5. The lowest BCUT2D eigenvalue weighted by molar-refractivity contribution is 0.0149. The highest BCUT2D eigenvalue weighted by molar-refractivity contribution is 8.14. The standard InChI is InChI=1S/C37H49Cl2NO11S3.C25H34Cl2N2O5S.C22H27Cl2NO4S.C6H4Cl2O4S2/c1-40-27-35(34-24-30(38)25-37(39)36(34)28-40)29-7-2-8-31(23-29)52(42,43)20-5-13-49-16-18-51-19-17-50-14-6-22-54(46,47)33-10-3-9-32(26-33)53(44,45)21-4-12-48-15-11-41;1-29-17-23(22-15-20(26)16-25(27)24(22)18-29)19-4-2-5-21(14-19)35(30,31)13-3-7-32-9-11-34-12-10-33-8-6-28;1-25-14-20(19-12-17(23)13-22(24)21(19)15-25)16-5-3-6-18(11-16)30(26,27)10-4-7-29-9-8-28-2;7-13(9,10)5-2-1-3-6(4-5)14(8,11)12/h2-3,7-10,23-26,35,41H,4-6,11-22,27-28H2,1H3;2,4-5,14-16,23H,3,6-13,17-18,28H2,1H3;3,5-6,11-13,20H,4,7-10,14-15H2,1-2H3;1-4H. The van der Waals surface area contributed by atoms with E-state index >= 15 is 0 Å². The molecule has 8 aromatic carbocycles. The highest BCUT2D eigenvalue weighted by atomic mass is 35.7. The summed E-state index contributed by atoms with van der Waals surface area (Å²) in [7, 11) is -7.98. The molecule has 3 heterocycles. The summed E-state index contributed by atoms with van der Waals surface area (Å²) < 4.78 is 220. The number of sulfone groups is 5. The predicted molar refractivity (Wildman–Crippen MR) is 520 cm³/mol. The van der Waals surface area contributed by atoms with E-state index in [0.29, 0.717) is 138 Å². The number of halogens is 8. The Kier molecular flexibility index (Phi) is 47.2. The number of benzene rings is 8. The number of aliphatic hydroxyl groups excluding tert-OH is 1. The molecule has 0 spiro atoms. The van der Waals surface area contributed by atoms with E-state index in [0.717, 1.165) is 82.3 Å². The van der Waals surface area contributed by atoms with Gasteiger partial charge >= 0.3 is 0 Å². The lowest BCUT2D eigenvalue weighted by Gasteiger charge is -2.33. The van der Waals surface area contributed by atoms with Crippen molar-refractivity contribution >= 4 is 158 Å². The van der Waals surface area contributed by atoms with Gasteiger partial charge in [0.2, 0.25) is 0 Å². The zero-order valence-electron chi connectivity index (χ0n) is 74.1. The highest BCUT2D eigenvalue weighted by Crippen LogP contribution is 2.43. The van der Waals surface area contributed by atoms with Crippen LogP contribution in [0.3, 0.4) is 0 Å². The maximum Gasteiger partial charge on any atom is 0.261 e. The molecule has 3 unspecified atom stereocenters. The van der Waals surface area contributed by atoms with Gasteiger partial charge in [-0.15, -0.1) is 0 Å². The Morgan fingerprint density at radius 3 is 0.812 bits per heavy atom. The maximum absolute atomic E-state index is 13.2. The van der Waals surface area contributed by atoms with Crippen molar-refractivity contribution in [1.82, 2.24) is 14.7 Å². The minimum Gasteiger partial charge on any atom is -0.394 e. The number of hydrogen-bond donors (Lipinski definition) is 2. The zero-order valence-corrected chi connectivity index (χ0v) is 85.9. The Balaban J connectivity index is 0.000000238. The third-order valence-electron chi connectivity index (χ3n) is 21.2. The summed E-state index contributed by atoms with van der Waals surface area (Å²) in [5.41, 5.74) is 14.3.